The minimum Gasteiger partial charge on any atom is -0.207 e. The van der Waals surface area contributed by atoms with Crippen molar-refractivity contribution in [1.29, 1.82) is 0 Å². The molecule has 1 heterocycles. The third-order valence-electron chi connectivity index (χ3n) is 3.86. The molecule has 0 bridgehead atoms. The first-order chi connectivity index (χ1) is 11.0. The molecule has 0 saturated carbocycles. The lowest BCUT2D eigenvalue weighted by atomic mass is 10.2. The van der Waals surface area contributed by atoms with E-state index in [-0.39, 0.29) is 13.1 Å². The van der Waals surface area contributed by atoms with E-state index in [1.807, 2.05) is 6.07 Å². The van der Waals surface area contributed by atoms with Gasteiger partial charge in [0.25, 0.3) is 10.2 Å². The monoisotopic (exact) mass is 354 g/mol. The Hall–Kier alpha value is -1.47. The summed E-state index contributed by atoms with van der Waals surface area (Å²) < 4.78 is 41.6. The predicted octanol–water partition coefficient (Wildman–Crippen LogP) is 3.04. The fraction of sp³-hybridized carbons (Fsp3) is 0.250. The molecule has 1 aliphatic heterocycles. The summed E-state index contributed by atoms with van der Waals surface area (Å²) in [5, 5.41) is 0.537. The Morgan fingerprint density at radius 1 is 0.913 bits per heavy atom. The highest BCUT2D eigenvalue weighted by Gasteiger charge is 2.36. The van der Waals surface area contributed by atoms with Crippen molar-refractivity contribution in [3.05, 3.63) is 70.5 Å². The summed E-state index contributed by atoms with van der Waals surface area (Å²) >= 11 is 6.10. The summed E-state index contributed by atoms with van der Waals surface area (Å²) in [6.45, 7) is 0.951. The average molecular weight is 355 g/mol. The fourth-order valence-electron chi connectivity index (χ4n) is 2.57. The molecule has 1 fully saturated rings. The van der Waals surface area contributed by atoms with Gasteiger partial charge in [-0.25, -0.2) is 4.39 Å². The standard InChI is InChI=1S/C16H16ClFN2O2S/c17-15-7-3-1-5-13(15)11-19-9-10-20(23(19,21)22)12-14-6-2-4-8-16(14)18/h1-8H,9-12H2. The van der Waals surface area contributed by atoms with Gasteiger partial charge < -0.3 is 0 Å². The third-order valence-corrected chi connectivity index (χ3v) is 6.16. The van der Waals surface area contributed by atoms with Crippen molar-refractivity contribution in [3.8, 4) is 0 Å². The Labute approximate surface area is 140 Å². The first kappa shape index (κ1) is 16.4. The molecule has 0 aromatic heterocycles. The van der Waals surface area contributed by atoms with Gasteiger partial charge in [-0.15, -0.1) is 0 Å². The molecule has 3 rings (SSSR count). The molecule has 122 valence electrons. The van der Waals surface area contributed by atoms with Crippen molar-refractivity contribution >= 4 is 21.8 Å². The summed E-state index contributed by atoms with van der Waals surface area (Å²) in [6, 6.07) is 13.4. The summed E-state index contributed by atoms with van der Waals surface area (Å²) in [6.07, 6.45) is 0. The van der Waals surface area contributed by atoms with Crippen LogP contribution in [-0.4, -0.2) is 30.1 Å². The van der Waals surface area contributed by atoms with Crippen molar-refractivity contribution in [1.82, 2.24) is 8.61 Å². The molecule has 7 heteroatoms. The zero-order chi connectivity index (χ0) is 16.4. The largest absolute Gasteiger partial charge is 0.282 e. The predicted molar refractivity (Wildman–Crippen MR) is 87.6 cm³/mol. The van der Waals surface area contributed by atoms with E-state index in [1.165, 1.54) is 14.7 Å². The van der Waals surface area contributed by atoms with Crippen LogP contribution in [0.2, 0.25) is 5.02 Å². The first-order valence-corrected chi connectivity index (χ1v) is 8.98. The van der Waals surface area contributed by atoms with Crippen LogP contribution in [0.25, 0.3) is 0 Å². The van der Waals surface area contributed by atoms with E-state index in [2.05, 4.69) is 0 Å². The van der Waals surface area contributed by atoms with Crippen LogP contribution >= 0.6 is 11.6 Å². The number of benzene rings is 2. The Morgan fingerprint density at radius 3 is 2.04 bits per heavy atom. The van der Waals surface area contributed by atoms with Gasteiger partial charge in [-0.05, 0) is 17.7 Å². The van der Waals surface area contributed by atoms with Crippen LogP contribution in [-0.2, 0) is 23.3 Å². The van der Waals surface area contributed by atoms with E-state index in [0.29, 0.717) is 23.7 Å². The molecule has 2 aromatic carbocycles. The molecule has 2 aromatic rings. The Balaban J connectivity index is 1.77. The van der Waals surface area contributed by atoms with Gasteiger partial charge in [-0.1, -0.05) is 48.0 Å². The van der Waals surface area contributed by atoms with Crippen molar-refractivity contribution < 1.29 is 12.8 Å². The summed E-state index contributed by atoms with van der Waals surface area (Å²) in [7, 11) is -3.62. The normalized spacial score (nSPS) is 18.3. The lowest BCUT2D eigenvalue weighted by Crippen LogP contribution is -2.32. The fourth-order valence-corrected chi connectivity index (χ4v) is 4.32. The van der Waals surface area contributed by atoms with Crippen molar-refractivity contribution in [2.24, 2.45) is 0 Å². The van der Waals surface area contributed by atoms with Gasteiger partial charge >= 0.3 is 0 Å². The minimum absolute atomic E-state index is 0.0357. The molecular weight excluding hydrogens is 339 g/mol. The maximum Gasteiger partial charge on any atom is 0.282 e. The van der Waals surface area contributed by atoms with Gasteiger partial charge in [0.15, 0.2) is 0 Å². The SMILES string of the molecule is O=S1(=O)N(Cc2ccccc2F)CCN1Cc1ccccc1Cl. The maximum atomic E-state index is 13.7. The lowest BCUT2D eigenvalue weighted by molar-refractivity contribution is 0.432. The van der Waals surface area contributed by atoms with E-state index < -0.39 is 16.0 Å². The second kappa shape index (κ2) is 6.57. The zero-order valence-corrected chi connectivity index (χ0v) is 13.9. The van der Waals surface area contributed by atoms with Crippen LogP contribution in [0.4, 0.5) is 4.39 Å². The molecule has 0 unspecified atom stereocenters. The summed E-state index contributed by atoms with van der Waals surface area (Å²) in [5.41, 5.74) is 1.13. The van der Waals surface area contributed by atoms with E-state index in [9.17, 15) is 12.8 Å². The quantitative estimate of drug-likeness (QED) is 0.846. The van der Waals surface area contributed by atoms with Crippen LogP contribution in [0.1, 0.15) is 11.1 Å². The highest BCUT2D eigenvalue weighted by molar-refractivity contribution is 7.86. The van der Waals surface area contributed by atoms with Gasteiger partial charge in [0.05, 0.1) is 0 Å². The van der Waals surface area contributed by atoms with Gasteiger partial charge in [-0.3, -0.25) is 0 Å². The summed E-state index contributed by atoms with van der Waals surface area (Å²) in [4.78, 5) is 0. The molecule has 0 spiro atoms. The molecule has 0 atom stereocenters. The van der Waals surface area contributed by atoms with Gasteiger partial charge in [0, 0.05) is 36.8 Å². The smallest absolute Gasteiger partial charge is 0.207 e. The first-order valence-electron chi connectivity index (χ1n) is 7.20. The molecule has 23 heavy (non-hydrogen) atoms. The topological polar surface area (TPSA) is 40.6 Å². The third kappa shape index (κ3) is 3.40. The number of hydrogen-bond acceptors (Lipinski definition) is 2. The van der Waals surface area contributed by atoms with Crippen LogP contribution < -0.4 is 0 Å². The van der Waals surface area contributed by atoms with Gasteiger partial charge in [0.2, 0.25) is 0 Å². The minimum atomic E-state index is -3.62. The average Bonchev–Trinajstić information content (AvgIpc) is 2.79. The molecular formula is C16H16ClFN2O2S. The van der Waals surface area contributed by atoms with Gasteiger partial charge in [-0.2, -0.15) is 17.0 Å². The van der Waals surface area contributed by atoms with Crippen molar-refractivity contribution in [2.45, 2.75) is 13.1 Å². The van der Waals surface area contributed by atoms with Gasteiger partial charge in [0.1, 0.15) is 5.82 Å². The van der Waals surface area contributed by atoms with Crippen LogP contribution in [0.3, 0.4) is 0 Å². The zero-order valence-electron chi connectivity index (χ0n) is 12.3. The second-order valence-corrected chi connectivity index (χ2v) is 7.69. The maximum absolute atomic E-state index is 13.7. The van der Waals surface area contributed by atoms with E-state index in [4.69, 9.17) is 11.6 Å². The Bertz CT molecular complexity index is 752. The van der Waals surface area contributed by atoms with E-state index >= 15 is 0 Å². The second-order valence-electron chi connectivity index (χ2n) is 5.36. The van der Waals surface area contributed by atoms with Crippen molar-refractivity contribution in [3.63, 3.8) is 0 Å². The molecule has 0 amide bonds. The Morgan fingerprint density at radius 2 is 1.43 bits per heavy atom. The number of hydrogen-bond donors (Lipinski definition) is 0. The highest BCUT2D eigenvalue weighted by atomic mass is 35.5. The molecule has 4 nitrogen and oxygen atoms in total. The molecule has 0 radical (unpaired) electrons. The van der Waals surface area contributed by atoms with Crippen LogP contribution in [0.5, 0.6) is 0 Å². The summed E-state index contributed by atoms with van der Waals surface area (Å²) in [5.74, 6) is -0.396. The Kier molecular flexibility index (Phi) is 4.68. The number of rotatable bonds is 4. The highest BCUT2D eigenvalue weighted by Crippen LogP contribution is 2.25. The number of nitrogens with zero attached hydrogens (tertiary/aromatic N) is 2. The molecule has 1 aliphatic rings. The lowest BCUT2D eigenvalue weighted by Gasteiger charge is -2.19. The van der Waals surface area contributed by atoms with Crippen molar-refractivity contribution in [2.75, 3.05) is 13.1 Å². The van der Waals surface area contributed by atoms with E-state index in [1.54, 1.807) is 36.4 Å². The molecule has 0 aliphatic carbocycles. The molecule has 1 saturated heterocycles. The number of halogens is 2. The van der Waals surface area contributed by atoms with Crippen LogP contribution in [0.15, 0.2) is 48.5 Å². The van der Waals surface area contributed by atoms with E-state index in [0.717, 1.165) is 5.56 Å². The molecule has 0 N–H and O–H groups in total. The van der Waals surface area contributed by atoms with Crippen LogP contribution in [0, 0.1) is 5.82 Å².